The average Bonchev–Trinajstić information content (AvgIpc) is 2.39. The summed E-state index contributed by atoms with van der Waals surface area (Å²) in [6.07, 6.45) is 0.610. The molecule has 0 bridgehead atoms. The Balaban J connectivity index is 2.93. The Hall–Kier alpha value is -1.46. The molecule has 1 amide bonds. The van der Waals surface area contributed by atoms with Gasteiger partial charge in [0.25, 0.3) is 0 Å². The van der Waals surface area contributed by atoms with Gasteiger partial charge in [-0.1, -0.05) is 25.4 Å². The van der Waals surface area contributed by atoms with Crippen molar-refractivity contribution in [1.82, 2.24) is 0 Å². The van der Waals surface area contributed by atoms with Gasteiger partial charge in [0, 0.05) is 12.1 Å². The molecule has 0 aromatic heterocycles. The topological polar surface area (TPSA) is 73.6 Å². The van der Waals surface area contributed by atoms with Crippen molar-refractivity contribution in [2.24, 2.45) is 11.7 Å². The number of carbonyl (C=O) groups is 1. The molecule has 20 heavy (non-hydrogen) atoms. The number of anilines is 1. The minimum Gasteiger partial charge on any atom is -0.495 e. The summed E-state index contributed by atoms with van der Waals surface area (Å²) in [7, 11) is 3.01. The summed E-state index contributed by atoms with van der Waals surface area (Å²) in [4.78, 5) is 12.0. The first kappa shape index (κ1) is 16.6. The predicted molar refractivity (Wildman–Crippen MR) is 80.6 cm³/mol. The number of nitrogens with two attached hydrogens (primary N) is 1. The molecule has 0 saturated heterocycles. The molecular formula is C14H21ClN2O3. The first-order valence-electron chi connectivity index (χ1n) is 6.37. The fourth-order valence-corrected chi connectivity index (χ4v) is 2.03. The van der Waals surface area contributed by atoms with Crippen LogP contribution in [0.5, 0.6) is 11.5 Å². The lowest BCUT2D eigenvalue weighted by Crippen LogP contribution is -2.36. The fourth-order valence-electron chi connectivity index (χ4n) is 1.80. The average molecular weight is 301 g/mol. The molecule has 6 heteroatoms. The summed E-state index contributed by atoms with van der Waals surface area (Å²) in [5.41, 5.74) is 6.33. The van der Waals surface area contributed by atoms with Crippen molar-refractivity contribution in [3.8, 4) is 11.5 Å². The van der Waals surface area contributed by atoms with E-state index in [9.17, 15) is 4.79 Å². The second-order valence-electron chi connectivity index (χ2n) is 4.91. The summed E-state index contributed by atoms with van der Waals surface area (Å²) >= 11 is 6.01. The highest BCUT2D eigenvalue weighted by Crippen LogP contribution is 2.35. The van der Waals surface area contributed by atoms with E-state index in [2.05, 4.69) is 5.32 Å². The van der Waals surface area contributed by atoms with Crippen molar-refractivity contribution in [3.63, 3.8) is 0 Å². The summed E-state index contributed by atoms with van der Waals surface area (Å²) in [6, 6.07) is 2.63. The normalized spacial score (nSPS) is 12.2. The molecule has 1 unspecified atom stereocenters. The van der Waals surface area contributed by atoms with Crippen LogP contribution in [0.3, 0.4) is 0 Å². The number of carbonyl (C=O) groups excluding carboxylic acids is 1. The van der Waals surface area contributed by atoms with E-state index in [1.54, 1.807) is 12.1 Å². The number of methoxy groups -OCH3 is 2. The second kappa shape index (κ2) is 7.36. The number of benzene rings is 1. The highest BCUT2D eigenvalue weighted by atomic mass is 35.5. The fraction of sp³-hybridized carbons (Fsp3) is 0.500. The van der Waals surface area contributed by atoms with Gasteiger partial charge in [-0.25, -0.2) is 0 Å². The van der Waals surface area contributed by atoms with E-state index in [4.69, 9.17) is 26.8 Å². The zero-order valence-electron chi connectivity index (χ0n) is 12.2. The number of rotatable bonds is 6. The molecule has 1 atom stereocenters. The van der Waals surface area contributed by atoms with Gasteiger partial charge in [0.1, 0.15) is 11.5 Å². The monoisotopic (exact) mass is 300 g/mol. The van der Waals surface area contributed by atoms with E-state index in [0.29, 0.717) is 34.5 Å². The molecule has 0 aliphatic rings. The number of hydrogen-bond donors (Lipinski definition) is 2. The molecule has 112 valence electrons. The van der Waals surface area contributed by atoms with Crippen LogP contribution in [0, 0.1) is 5.92 Å². The van der Waals surface area contributed by atoms with Gasteiger partial charge in [-0.15, -0.1) is 0 Å². The van der Waals surface area contributed by atoms with E-state index in [1.165, 1.54) is 14.2 Å². The molecular weight excluding hydrogens is 280 g/mol. The Bertz CT molecular complexity index is 478. The van der Waals surface area contributed by atoms with Crippen molar-refractivity contribution in [1.29, 1.82) is 0 Å². The lowest BCUT2D eigenvalue weighted by molar-refractivity contribution is -0.117. The molecule has 1 rings (SSSR count). The highest BCUT2D eigenvalue weighted by molar-refractivity contribution is 6.32. The quantitative estimate of drug-likeness (QED) is 0.847. The molecule has 5 nitrogen and oxygen atoms in total. The number of halogens is 1. The molecule has 0 spiro atoms. The van der Waals surface area contributed by atoms with Crippen LogP contribution in [-0.4, -0.2) is 26.2 Å². The van der Waals surface area contributed by atoms with Crippen LogP contribution in [0.1, 0.15) is 20.3 Å². The molecule has 0 radical (unpaired) electrons. The zero-order valence-corrected chi connectivity index (χ0v) is 13.0. The van der Waals surface area contributed by atoms with Crippen molar-refractivity contribution in [2.75, 3.05) is 19.5 Å². The molecule has 3 N–H and O–H groups in total. The standard InChI is InChI=1S/C14H21ClN2O3/c1-8(2)5-10(16)14(18)17-11-7-12(19-3)9(15)6-13(11)20-4/h6-8,10H,5,16H2,1-4H3,(H,17,18). The van der Waals surface area contributed by atoms with E-state index >= 15 is 0 Å². The Morgan fingerprint density at radius 3 is 2.40 bits per heavy atom. The molecule has 1 aromatic rings. The third kappa shape index (κ3) is 4.28. The van der Waals surface area contributed by atoms with Gasteiger partial charge >= 0.3 is 0 Å². The van der Waals surface area contributed by atoms with E-state index in [1.807, 2.05) is 13.8 Å². The number of amides is 1. The summed E-state index contributed by atoms with van der Waals surface area (Å²) in [5.74, 6) is 1.000. The van der Waals surface area contributed by atoms with Gasteiger partial charge < -0.3 is 20.5 Å². The van der Waals surface area contributed by atoms with Gasteiger partial charge in [-0.05, 0) is 12.3 Å². The Morgan fingerprint density at radius 1 is 1.30 bits per heavy atom. The van der Waals surface area contributed by atoms with Crippen molar-refractivity contribution in [3.05, 3.63) is 17.2 Å². The maximum absolute atomic E-state index is 12.0. The van der Waals surface area contributed by atoms with Crippen LogP contribution in [0.25, 0.3) is 0 Å². The largest absolute Gasteiger partial charge is 0.495 e. The molecule has 0 heterocycles. The Labute approximate surface area is 124 Å². The predicted octanol–water partition coefficient (Wildman–Crippen LogP) is 2.67. The van der Waals surface area contributed by atoms with Gasteiger partial charge in [-0.2, -0.15) is 0 Å². The minimum atomic E-state index is -0.568. The molecule has 0 fully saturated rings. The SMILES string of the molecule is COc1cc(NC(=O)C(N)CC(C)C)c(OC)cc1Cl. The second-order valence-corrected chi connectivity index (χ2v) is 5.32. The Morgan fingerprint density at radius 2 is 1.90 bits per heavy atom. The van der Waals surface area contributed by atoms with Crippen LogP contribution in [-0.2, 0) is 4.79 Å². The summed E-state index contributed by atoms with van der Waals surface area (Å²) in [6.45, 7) is 4.03. The van der Waals surface area contributed by atoms with Crippen LogP contribution in [0.2, 0.25) is 5.02 Å². The van der Waals surface area contributed by atoms with Crippen molar-refractivity contribution < 1.29 is 14.3 Å². The molecule has 0 aliphatic carbocycles. The Kier molecular flexibility index (Phi) is 6.10. The third-order valence-electron chi connectivity index (χ3n) is 2.79. The van der Waals surface area contributed by atoms with Gasteiger partial charge in [0.2, 0.25) is 5.91 Å². The number of nitrogens with one attached hydrogen (secondary N) is 1. The lowest BCUT2D eigenvalue weighted by Gasteiger charge is -2.17. The third-order valence-corrected chi connectivity index (χ3v) is 3.09. The number of hydrogen-bond acceptors (Lipinski definition) is 4. The van der Waals surface area contributed by atoms with Crippen molar-refractivity contribution >= 4 is 23.2 Å². The van der Waals surface area contributed by atoms with Crippen LogP contribution < -0.4 is 20.5 Å². The van der Waals surface area contributed by atoms with E-state index in [0.717, 1.165) is 0 Å². The smallest absolute Gasteiger partial charge is 0.241 e. The lowest BCUT2D eigenvalue weighted by atomic mass is 10.0. The summed E-state index contributed by atoms with van der Waals surface area (Å²) < 4.78 is 10.3. The van der Waals surface area contributed by atoms with Crippen LogP contribution in [0.4, 0.5) is 5.69 Å². The maximum atomic E-state index is 12.0. The number of ether oxygens (including phenoxy) is 2. The van der Waals surface area contributed by atoms with Gasteiger partial charge in [-0.3, -0.25) is 4.79 Å². The molecule has 0 saturated carbocycles. The zero-order chi connectivity index (χ0) is 15.3. The van der Waals surface area contributed by atoms with Gasteiger partial charge in [0.15, 0.2) is 0 Å². The summed E-state index contributed by atoms with van der Waals surface area (Å²) in [5, 5.41) is 3.15. The molecule has 1 aromatic carbocycles. The van der Waals surface area contributed by atoms with Crippen molar-refractivity contribution in [2.45, 2.75) is 26.3 Å². The van der Waals surface area contributed by atoms with E-state index in [-0.39, 0.29) is 5.91 Å². The van der Waals surface area contributed by atoms with Crippen LogP contribution in [0.15, 0.2) is 12.1 Å². The molecule has 0 aliphatic heterocycles. The first-order valence-corrected chi connectivity index (χ1v) is 6.74. The first-order chi connectivity index (χ1) is 9.38. The van der Waals surface area contributed by atoms with Crippen LogP contribution >= 0.6 is 11.6 Å². The van der Waals surface area contributed by atoms with E-state index < -0.39 is 6.04 Å². The van der Waals surface area contributed by atoms with Gasteiger partial charge in [0.05, 0.1) is 31.0 Å². The minimum absolute atomic E-state index is 0.263. The highest BCUT2D eigenvalue weighted by Gasteiger charge is 2.18. The maximum Gasteiger partial charge on any atom is 0.241 e.